The van der Waals surface area contributed by atoms with Crippen molar-refractivity contribution in [1.29, 1.82) is 0 Å². The lowest BCUT2D eigenvalue weighted by atomic mass is 9.89. The van der Waals surface area contributed by atoms with Crippen molar-refractivity contribution < 1.29 is 9.53 Å². The van der Waals surface area contributed by atoms with E-state index in [-0.39, 0.29) is 0 Å². The second kappa shape index (κ2) is 7.26. The van der Waals surface area contributed by atoms with Crippen LogP contribution in [-0.4, -0.2) is 37.2 Å². The number of rotatable bonds is 5. The number of likely N-dealkylation sites (tertiary alicyclic amines) is 1. The van der Waals surface area contributed by atoms with Crippen LogP contribution in [0, 0.1) is 0 Å². The first-order valence-electron chi connectivity index (χ1n) is 7.18. The fraction of sp³-hybridized carbons (Fsp3) is 0.533. The number of nitrogens with two attached hydrogens (primary N) is 2. The van der Waals surface area contributed by atoms with Crippen LogP contribution in [-0.2, 0) is 0 Å². The summed E-state index contributed by atoms with van der Waals surface area (Å²) >= 11 is 0. The number of nitrogens with zero attached hydrogens (tertiary/aromatic N) is 1. The minimum atomic E-state index is -0.765. The number of primary amides is 1. The summed E-state index contributed by atoms with van der Waals surface area (Å²) in [4.78, 5) is 13.2. The molecular weight excluding hydrogens is 254 g/mol. The van der Waals surface area contributed by atoms with Crippen LogP contribution in [0.3, 0.4) is 0 Å². The average molecular weight is 277 g/mol. The van der Waals surface area contributed by atoms with E-state index in [0.717, 1.165) is 45.4 Å². The fourth-order valence-corrected chi connectivity index (χ4v) is 2.75. The van der Waals surface area contributed by atoms with Crippen molar-refractivity contribution in [3.8, 4) is 5.75 Å². The molecule has 1 amide bonds. The highest BCUT2D eigenvalue weighted by atomic mass is 16.5. The molecule has 1 fully saturated rings. The second-order valence-electron chi connectivity index (χ2n) is 5.25. The van der Waals surface area contributed by atoms with Gasteiger partial charge >= 0.3 is 6.09 Å². The van der Waals surface area contributed by atoms with Gasteiger partial charge in [0.25, 0.3) is 0 Å². The monoisotopic (exact) mass is 277 g/mol. The zero-order valence-electron chi connectivity index (χ0n) is 11.8. The molecular formula is C15H23N3O2. The molecule has 1 aromatic carbocycles. The quantitative estimate of drug-likeness (QED) is 0.857. The number of piperidine rings is 1. The normalized spacial score (nSPS) is 17.1. The van der Waals surface area contributed by atoms with Gasteiger partial charge in [-0.25, -0.2) is 4.79 Å². The van der Waals surface area contributed by atoms with E-state index < -0.39 is 6.09 Å². The van der Waals surface area contributed by atoms with E-state index in [0.29, 0.717) is 11.7 Å². The lowest BCUT2D eigenvalue weighted by Crippen LogP contribution is -2.34. The number of amides is 1. The van der Waals surface area contributed by atoms with Gasteiger partial charge in [-0.3, -0.25) is 0 Å². The number of ether oxygens (including phenoxy) is 1. The summed E-state index contributed by atoms with van der Waals surface area (Å²) in [7, 11) is 0. The van der Waals surface area contributed by atoms with Crippen LogP contribution in [0.2, 0.25) is 0 Å². The van der Waals surface area contributed by atoms with Crippen molar-refractivity contribution in [2.24, 2.45) is 11.5 Å². The van der Waals surface area contributed by atoms with Crippen molar-refractivity contribution in [3.63, 3.8) is 0 Å². The molecule has 0 atom stereocenters. The molecule has 0 spiro atoms. The Hall–Kier alpha value is -1.59. The first-order valence-corrected chi connectivity index (χ1v) is 7.18. The van der Waals surface area contributed by atoms with Gasteiger partial charge in [0.05, 0.1) is 0 Å². The summed E-state index contributed by atoms with van der Waals surface area (Å²) < 4.78 is 4.93. The molecule has 110 valence electrons. The van der Waals surface area contributed by atoms with Crippen molar-refractivity contribution in [2.45, 2.75) is 25.2 Å². The molecule has 5 nitrogen and oxygen atoms in total. The number of carbonyl (C=O) groups excluding carboxylic acids is 1. The van der Waals surface area contributed by atoms with Crippen LogP contribution in [0.25, 0.3) is 0 Å². The molecule has 1 saturated heterocycles. The Morgan fingerprint density at radius 2 is 2.10 bits per heavy atom. The molecule has 0 radical (unpaired) electrons. The molecule has 0 saturated carbocycles. The third-order valence-electron chi connectivity index (χ3n) is 3.81. The Bertz CT molecular complexity index is 442. The maximum atomic E-state index is 10.8. The highest BCUT2D eigenvalue weighted by Gasteiger charge is 2.20. The smallest absolute Gasteiger partial charge is 0.409 e. The highest BCUT2D eigenvalue weighted by molar-refractivity contribution is 5.68. The lowest BCUT2D eigenvalue weighted by Gasteiger charge is -2.32. The van der Waals surface area contributed by atoms with Gasteiger partial charge in [-0.05, 0) is 69.1 Å². The predicted molar refractivity (Wildman–Crippen MR) is 78.7 cm³/mol. The summed E-state index contributed by atoms with van der Waals surface area (Å²) in [6.45, 7) is 4.05. The van der Waals surface area contributed by atoms with Crippen molar-refractivity contribution >= 4 is 6.09 Å². The number of hydrogen-bond acceptors (Lipinski definition) is 4. The van der Waals surface area contributed by atoms with Gasteiger partial charge in [0.2, 0.25) is 0 Å². The summed E-state index contributed by atoms with van der Waals surface area (Å²) in [6.07, 6.45) is 2.56. The fourth-order valence-electron chi connectivity index (χ4n) is 2.75. The van der Waals surface area contributed by atoms with Crippen LogP contribution in [0.15, 0.2) is 24.3 Å². The molecule has 1 aliphatic rings. The van der Waals surface area contributed by atoms with Gasteiger partial charge < -0.3 is 21.1 Å². The Kier molecular flexibility index (Phi) is 5.38. The second-order valence-corrected chi connectivity index (χ2v) is 5.25. The van der Waals surface area contributed by atoms with Gasteiger partial charge in [-0.2, -0.15) is 0 Å². The van der Waals surface area contributed by atoms with Crippen molar-refractivity contribution in [1.82, 2.24) is 4.90 Å². The minimum absolute atomic E-state index is 0.528. The SMILES string of the molecule is NCCCN1CCC(c2cccc(OC(N)=O)c2)CC1. The Morgan fingerprint density at radius 1 is 1.35 bits per heavy atom. The predicted octanol–water partition coefficient (Wildman–Crippen LogP) is 1.67. The van der Waals surface area contributed by atoms with Crippen LogP contribution < -0.4 is 16.2 Å². The molecule has 2 rings (SSSR count). The standard InChI is InChI=1S/C15H23N3O2/c16-7-2-8-18-9-5-12(6-10-18)13-3-1-4-14(11-13)20-15(17)19/h1,3-4,11-12H,2,5-10,16H2,(H2,17,19). The third-order valence-corrected chi connectivity index (χ3v) is 3.81. The molecule has 0 aromatic heterocycles. The molecule has 1 aromatic rings. The van der Waals surface area contributed by atoms with Crippen LogP contribution in [0.5, 0.6) is 5.75 Å². The molecule has 0 bridgehead atoms. The van der Waals surface area contributed by atoms with Crippen molar-refractivity contribution in [2.75, 3.05) is 26.2 Å². The Morgan fingerprint density at radius 3 is 2.75 bits per heavy atom. The Balaban J connectivity index is 1.91. The molecule has 20 heavy (non-hydrogen) atoms. The minimum Gasteiger partial charge on any atom is -0.410 e. The van der Waals surface area contributed by atoms with Crippen LogP contribution in [0.1, 0.15) is 30.7 Å². The van der Waals surface area contributed by atoms with Crippen molar-refractivity contribution in [3.05, 3.63) is 29.8 Å². The van der Waals surface area contributed by atoms with E-state index in [9.17, 15) is 4.79 Å². The number of carbonyl (C=O) groups is 1. The molecule has 5 heteroatoms. The van der Waals surface area contributed by atoms with Crippen LogP contribution in [0.4, 0.5) is 4.79 Å². The summed E-state index contributed by atoms with van der Waals surface area (Å²) in [6, 6.07) is 7.68. The van der Waals surface area contributed by atoms with Gasteiger partial charge in [0, 0.05) is 0 Å². The zero-order chi connectivity index (χ0) is 14.4. The largest absolute Gasteiger partial charge is 0.410 e. The summed E-state index contributed by atoms with van der Waals surface area (Å²) in [5, 5.41) is 0. The summed E-state index contributed by atoms with van der Waals surface area (Å²) in [5.41, 5.74) is 11.8. The molecule has 1 heterocycles. The number of benzene rings is 1. The van der Waals surface area contributed by atoms with E-state index >= 15 is 0 Å². The van der Waals surface area contributed by atoms with Gasteiger partial charge in [0.15, 0.2) is 0 Å². The molecule has 0 aliphatic carbocycles. The van der Waals surface area contributed by atoms with E-state index in [1.165, 1.54) is 5.56 Å². The third kappa shape index (κ3) is 4.21. The topological polar surface area (TPSA) is 81.6 Å². The van der Waals surface area contributed by atoms with Gasteiger partial charge in [-0.1, -0.05) is 12.1 Å². The van der Waals surface area contributed by atoms with E-state index in [2.05, 4.69) is 11.0 Å². The van der Waals surface area contributed by atoms with Gasteiger partial charge in [0.1, 0.15) is 5.75 Å². The highest BCUT2D eigenvalue weighted by Crippen LogP contribution is 2.30. The lowest BCUT2D eigenvalue weighted by molar-refractivity contribution is 0.208. The van der Waals surface area contributed by atoms with Crippen LogP contribution >= 0.6 is 0 Å². The van der Waals surface area contributed by atoms with E-state index in [4.69, 9.17) is 16.2 Å². The maximum absolute atomic E-state index is 10.8. The van der Waals surface area contributed by atoms with E-state index in [1.54, 1.807) is 6.07 Å². The number of hydrogen-bond donors (Lipinski definition) is 2. The first-order chi connectivity index (χ1) is 9.69. The summed E-state index contributed by atoms with van der Waals surface area (Å²) in [5.74, 6) is 1.06. The molecule has 0 unspecified atom stereocenters. The average Bonchev–Trinajstić information content (AvgIpc) is 2.45. The maximum Gasteiger partial charge on any atom is 0.409 e. The van der Waals surface area contributed by atoms with E-state index in [1.807, 2.05) is 12.1 Å². The van der Waals surface area contributed by atoms with Gasteiger partial charge in [-0.15, -0.1) is 0 Å². The molecule has 1 aliphatic heterocycles. The Labute approximate surface area is 119 Å². The zero-order valence-corrected chi connectivity index (χ0v) is 11.8. The first kappa shape index (κ1) is 14.8. The molecule has 4 N–H and O–H groups in total.